The third-order valence-electron chi connectivity index (χ3n) is 8.94. The van der Waals surface area contributed by atoms with Crippen molar-refractivity contribution >= 4 is 58.5 Å². The maximum Gasteiger partial charge on any atom is 0.227 e. The Kier molecular flexibility index (Phi) is 8.38. The number of ketones is 1. The van der Waals surface area contributed by atoms with Gasteiger partial charge in [0.05, 0.1) is 17.4 Å². The summed E-state index contributed by atoms with van der Waals surface area (Å²) in [5.41, 5.74) is 6.38. The quantitative estimate of drug-likeness (QED) is 0.415. The van der Waals surface area contributed by atoms with Gasteiger partial charge in [0.15, 0.2) is 5.82 Å². The van der Waals surface area contributed by atoms with Gasteiger partial charge in [-0.25, -0.2) is 19.9 Å². The molecule has 3 aromatic heterocycles. The summed E-state index contributed by atoms with van der Waals surface area (Å²) in [6, 6.07) is 3.53. The predicted molar refractivity (Wildman–Crippen MR) is 166 cm³/mol. The molecule has 14 heteroatoms. The molecule has 3 aliphatic rings. The van der Waals surface area contributed by atoms with E-state index in [0.29, 0.717) is 60.2 Å². The van der Waals surface area contributed by atoms with E-state index in [1.807, 2.05) is 17.9 Å². The molecule has 1 spiro atoms. The third-order valence-corrected chi connectivity index (χ3v) is 10.4. The lowest BCUT2D eigenvalue weighted by Crippen LogP contribution is -2.48. The summed E-state index contributed by atoms with van der Waals surface area (Å²) < 4.78 is 0. The summed E-state index contributed by atoms with van der Waals surface area (Å²) in [5, 5.41) is 4.38. The van der Waals surface area contributed by atoms with E-state index in [1.54, 1.807) is 37.8 Å². The highest BCUT2D eigenvalue weighted by atomic mass is 35.5. The zero-order chi connectivity index (χ0) is 30.1. The molecular formula is C29H35ClN10O2S. The fourth-order valence-electron chi connectivity index (χ4n) is 6.19. The molecule has 0 radical (unpaired) electrons. The highest BCUT2D eigenvalue weighted by molar-refractivity contribution is 7.99. The van der Waals surface area contributed by atoms with Gasteiger partial charge in [0.1, 0.15) is 22.4 Å². The van der Waals surface area contributed by atoms with Gasteiger partial charge in [-0.1, -0.05) is 30.3 Å². The second kappa shape index (κ2) is 12.2. The first-order valence-electron chi connectivity index (χ1n) is 14.5. The predicted octanol–water partition coefficient (Wildman–Crippen LogP) is 3.40. The third kappa shape index (κ3) is 6.11. The Labute approximate surface area is 259 Å². The molecular weight excluding hydrogens is 588 g/mol. The standard InChI is InChI=1S/C29H35ClN10O2S/c1-18-20(42)15-29(26(18)31)5-9-39(10-6-29)23-16-35-24(17-34-23)43-21-3-7-32-27(25(21)30)36-22-4-8-33-28(37-22)40-13-11-38(12-14-40)19(2)41/h3-4,7-8,16-18,26H,5-6,9-15,31H2,1-2H3,(H,32,33,36,37)/t18-,26+/m1/s1. The maximum absolute atomic E-state index is 12.3. The van der Waals surface area contributed by atoms with Crippen LogP contribution in [0.3, 0.4) is 0 Å². The van der Waals surface area contributed by atoms with Crippen molar-refractivity contribution in [3.05, 3.63) is 41.9 Å². The Morgan fingerprint density at radius 3 is 2.42 bits per heavy atom. The van der Waals surface area contributed by atoms with Crippen LogP contribution in [0.4, 0.5) is 23.4 Å². The van der Waals surface area contributed by atoms with Crippen molar-refractivity contribution in [3.8, 4) is 0 Å². The number of Topliss-reactive ketones (excluding diaryl/α,β-unsaturated/α-hetero) is 1. The number of halogens is 1. The molecule has 1 amide bonds. The smallest absolute Gasteiger partial charge is 0.227 e. The zero-order valence-corrected chi connectivity index (χ0v) is 25.8. The summed E-state index contributed by atoms with van der Waals surface area (Å²) in [7, 11) is 0. The van der Waals surface area contributed by atoms with E-state index in [1.165, 1.54) is 11.8 Å². The van der Waals surface area contributed by atoms with Crippen LogP contribution in [0.5, 0.6) is 0 Å². The number of rotatable bonds is 6. The van der Waals surface area contributed by atoms with E-state index in [4.69, 9.17) is 17.3 Å². The number of nitrogens with one attached hydrogen (secondary N) is 1. The lowest BCUT2D eigenvalue weighted by Gasteiger charge is -2.42. The monoisotopic (exact) mass is 622 g/mol. The Morgan fingerprint density at radius 2 is 1.77 bits per heavy atom. The number of carbonyl (C=O) groups excluding carboxylic acids is 2. The maximum atomic E-state index is 12.3. The van der Waals surface area contributed by atoms with Crippen LogP contribution in [0.1, 0.15) is 33.1 Å². The van der Waals surface area contributed by atoms with Crippen molar-refractivity contribution in [2.45, 2.75) is 49.1 Å². The van der Waals surface area contributed by atoms with Crippen LogP contribution in [-0.2, 0) is 9.59 Å². The molecule has 0 aromatic carbocycles. The highest BCUT2D eigenvalue weighted by Gasteiger charge is 2.50. The highest BCUT2D eigenvalue weighted by Crippen LogP contribution is 2.46. The number of pyridine rings is 1. The molecule has 3 aromatic rings. The van der Waals surface area contributed by atoms with Gasteiger partial charge in [-0.15, -0.1) is 0 Å². The average Bonchev–Trinajstić information content (AvgIpc) is 3.23. The zero-order valence-electron chi connectivity index (χ0n) is 24.2. The minimum Gasteiger partial charge on any atom is -0.355 e. The second-order valence-corrected chi connectivity index (χ2v) is 12.9. The van der Waals surface area contributed by atoms with Crippen molar-refractivity contribution in [2.75, 3.05) is 54.4 Å². The lowest BCUT2D eigenvalue weighted by molar-refractivity contribution is -0.129. The Hall–Kier alpha value is -3.55. The Morgan fingerprint density at radius 1 is 1.02 bits per heavy atom. The van der Waals surface area contributed by atoms with Crippen LogP contribution in [0.25, 0.3) is 0 Å². The van der Waals surface area contributed by atoms with Gasteiger partial charge in [0.2, 0.25) is 11.9 Å². The molecule has 2 saturated heterocycles. The number of nitrogens with zero attached hydrogens (tertiary/aromatic N) is 8. The average molecular weight is 623 g/mol. The summed E-state index contributed by atoms with van der Waals surface area (Å²) in [4.78, 5) is 53.6. The molecule has 0 unspecified atom stereocenters. The van der Waals surface area contributed by atoms with Gasteiger partial charge in [0.25, 0.3) is 0 Å². The first-order chi connectivity index (χ1) is 20.7. The van der Waals surface area contributed by atoms with Crippen molar-refractivity contribution in [3.63, 3.8) is 0 Å². The fraction of sp³-hybridized carbons (Fsp3) is 0.483. The minimum atomic E-state index is -0.0841. The van der Waals surface area contributed by atoms with Crippen molar-refractivity contribution in [2.24, 2.45) is 17.1 Å². The summed E-state index contributed by atoms with van der Waals surface area (Å²) in [6.45, 7) is 7.77. The molecule has 6 rings (SSSR count). The molecule has 226 valence electrons. The molecule has 1 aliphatic carbocycles. The van der Waals surface area contributed by atoms with E-state index >= 15 is 0 Å². The first-order valence-corrected chi connectivity index (χ1v) is 15.7. The van der Waals surface area contributed by atoms with E-state index in [9.17, 15) is 9.59 Å². The lowest BCUT2D eigenvalue weighted by atomic mass is 9.73. The topological polar surface area (TPSA) is 146 Å². The van der Waals surface area contributed by atoms with Crippen LogP contribution in [-0.4, -0.2) is 86.8 Å². The van der Waals surface area contributed by atoms with Crippen LogP contribution < -0.4 is 20.9 Å². The van der Waals surface area contributed by atoms with Crippen molar-refractivity contribution in [1.29, 1.82) is 0 Å². The molecule has 12 nitrogen and oxygen atoms in total. The number of hydrogen-bond acceptors (Lipinski definition) is 12. The van der Waals surface area contributed by atoms with Gasteiger partial charge >= 0.3 is 0 Å². The summed E-state index contributed by atoms with van der Waals surface area (Å²) in [6.07, 6.45) is 9.27. The summed E-state index contributed by atoms with van der Waals surface area (Å²) in [5.74, 6) is 2.76. The van der Waals surface area contributed by atoms with Crippen molar-refractivity contribution < 1.29 is 9.59 Å². The summed E-state index contributed by atoms with van der Waals surface area (Å²) >= 11 is 8.17. The number of aromatic nitrogens is 5. The number of carbonyl (C=O) groups is 2. The minimum absolute atomic E-state index is 0.0577. The fourth-order valence-corrected chi connectivity index (χ4v) is 7.22. The number of hydrogen-bond donors (Lipinski definition) is 2. The van der Waals surface area contributed by atoms with Crippen LogP contribution >= 0.6 is 23.4 Å². The van der Waals surface area contributed by atoms with E-state index in [2.05, 4.69) is 40.0 Å². The number of anilines is 4. The molecule has 1 saturated carbocycles. The Balaban J connectivity index is 1.08. The number of nitrogens with two attached hydrogens (primary N) is 1. The van der Waals surface area contributed by atoms with Gasteiger partial charge in [-0.05, 0) is 30.4 Å². The molecule has 43 heavy (non-hydrogen) atoms. The van der Waals surface area contributed by atoms with Crippen LogP contribution in [0.2, 0.25) is 5.02 Å². The van der Waals surface area contributed by atoms with E-state index in [0.717, 1.165) is 36.6 Å². The SMILES string of the molecule is CC(=O)N1CCN(c2nccc(Nc3nccc(Sc4cnc(N5CCC6(CC5)CC(=O)[C@@H](C)[C@@H]6N)cn4)c3Cl)n2)CC1. The molecule has 2 atom stereocenters. The normalized spacial score (nSPS) is 21.9. The number of amides is 1. The van der Waals surface area contributed by atoms with Gasteiger partial charge < -0.3 is 25.8 Å². The molecule has 3 N–H and O–H groups in total. The molecule has 5 heterocycles. The molecule has 0 bridgehead atoms. The second-order valence-electron chi connectivity index (χ2n) is 11.5. The van der Waals surface area contributed by atoms with E-state index in [-0.39, 0.29) is 29.1 Å². The number of piperidine rings is 1. The van der Waals surface area contributed by atoms with E-state index < -0.39 is 0 Å². The number of piperazine rings is 1. The van der Waals surface area contributed by atoms with Crippen molar-refractivity contribution in [1.82, 2.24) is 29.8 Å². The molecule has 2 aliphatic heterocycles. The van der Waals surface area contributed by atoms with Gasteiger partial charge in [0, 0.05) is 81.9 Å². The van der Waals surface area contributed by atoms with Crippen LogP contribution in [0.15, 0.2) is 46.8 Å². The van der Waals surface area contributed by atoms with Gasteiger partial charge in [-0.2, -0.15) is 4.98 Å². The van der Waals surface area contributed by atoms with Gasteiger partial charge in [-0.3, -0.25) is 9.59 Å². The largest absolute Gasteiger partial charge is 0.355 e. The first kappa shape index (κ1) is 29.5. The molecule has 3 fully saturated rings. The van der Waals surface area contributed by atoms with Crippen LogP contribution in [0, 0.1) is 11.3 Å². The Bertz CT molecular complexity index is 1490.